The van der Waals surface area contributed by atoms with Crippen LogP contribution in [0.15, 0.2) is 46.1 Å². The van der Waals surface area contributed by atoms with Crippen LogP contribution in [0.5, 0.6) is 5.75 Å². The van der Waals surface area contributed by atoms with Crippen molar-refractivity contribution in [2.75, 3.05) is 25.4 Å². The Bertz CT molecular complexity index is 1310. The lowest BCUT2D eigenvalue weighted by atomic mass is 9.98. The Balaban J connectivity index is 1.74. The summed E-state index contributed by atoms with van der Waals surface area (Å²) in [4.78, 5) is 18.0. The number of aromatic hydroxyl groups is 1. The van der Waals surface area contributed by atoms with Crippen molar-refractivity contribution in [2.24, 2.45) is 0 Å². The number of piperazine rings is 1. The number of hydrogen-bond acceptors (Lipinski definition) is 6. The molecule has 11 heteroatoms. The van der Waals surface area contributed by atoms with Crippen LogP contribution in [0.4, 0.5) is 13.2 Å². The number of benzene rings is 2. The molecule has 3 unspecified atom stereocenters. The van der Waals surface area contributed by atoms with Gasteiger partial charge in [0.15, 0.2) is 0 Å². The fourth-order valence-corrected chi connectivity index (χ4v) is 5.87. The van der Waals surface area contributed by atoms with Crippen molar-refractivity contribution in [2.45, 2.75) is 43.1 Å². The number of aromatic nitrogens is 1. The van der Waals surface area contributed by atoms with E-state index in [1.165, 1.54) is 24.3 Å². The number of phenols is 1. The van der Waals surface area contributed by atoms with Gasteiger partial charge in [-0.1, -0.05) is 11.6 Å². The Morgan fingerprint density at radius 3 is 2.53 bits per heavy atom. The first-order chi connectivity index (χ1) is 16.9. The minimum absolute atomic E-state index is 0.0977. The molecular formula is C25H27ClF3N3O3S. The molecule has 1 saturated heterocycles. The summed E-state index contributed by atoms with van der Waals surface area (Å²) in [5.41, 5.74) is -0.946. The van der Waals surface area contributed by atoms with Crippen molar-refractivity contribution < 1.29 is 23.4 Å². The number of H-pyrrole nitrogens is 1. The molecule has 0 bridgehead atoms. The van der Waals surface area contributed by atoms with Crippen LogP contribution in [0, 0.1) is 0 Å². The number of nitrogens with zero attached hydrogens (tertiary/aromatic N) is 1. The summed E-state index contributed by atoms with van der Waals surface area (Å²) in [5.74, 6) is -0.0934. The molecule has 2 aromatic carbocycles. The van der Waals surface area contributed by atoms with Gasteiger partial charge in [-0.3, -0.25) is 9.69 Å². The highest BCUT2D eigenvalue weighted by molar-refractivity contribution is 7.99. The first-order valence-corrected chi connectivity index (χ1v) is 12.8. The third-order valence-electron chi connectivity index (χ3n) is 6.05. The van der Waals surface area contributed by atoms with Crippen LogP contribution in [-0.2, 0) is 6.18 Å². The number of thioether (sulfide) groups is 1. The molecule has 6 nitrogen and oxygen atoms in total. The second-order valence-electron chi connectivity index (χ2n) is 9.23. The zero-order valence-electron chi connectivity index (χ0n) is 19.7. The van der Waals surface area contributed by atoms with Gasteiger partial charge in [-0.2, -0.15) is 13.2 Å². The van der Waals surface area contributed by atoms with E-state index in [-0.39, 0.29) is 55.5 Å². The minimum Gasteiger partial charge on any atom is -0.507 e. The molecule has 0 spiro atoms. The number of rotatable bonds is 6. The van der Waals surface area contributed by atoms with E-state index in [1.807, 2.05) is 0 Å². The molecular weight excluding hydrogens is 515 g/mol. The highest BCUT2D eigenvalue weighted by Gasteiger charge is 2.31. The number of aromatic amines is 1. The van der Waals surface area contributed by atoms with Crippen LogP contribution < -0.4 is 10.9 Å². The molecule has 194 valence electrons. The molecule has 4 N–H and O–H groups in total. The number of β-amino-alcohol motifs (C(OH)–C–C–N with tert-alkyl or cyclic N) is 1. The van der Waals surface area contributed by atoms with Gasteiger partial charge < -0.3 is 20.5 Å². The highest BCUT2D eigenvalue weighted by atomic mass is 35.5. The smallest absolute Gasteiger partial charge is 0.416 e. The standard InChI is InChI=1S/C25H27ClF3N3O3S/c1-13-9-32(10-14(2)30-13)11-17(33)12-36-23-22(19-8-16(26)4-6-21(19)34)18-7-15(25(27,28)29)3-5-20(18)31-24(23)35/h3-8,13-14,17,30,33-34H,9-12H2,1-2H3,(H,31,35). The SMILES string of the molecule is CC1CN(CC(O)CSc2c(-c3cc(Cl)ccc3O)c3cc(C(F)(F)F)ccc3[nH]c2=O)CC(C)N1. The van der Waals surface area contributed by atoms with Gasteiger partial charge in [0.2, 0.25) is 0 Å². The van der Waals surface area contributed by atoms with Gasteiger partial charge in [-0.25, -0.2) is 0 Å². The highest BCUT2D eigenvalue weighted by Crippen LogP contribution is 2.42. The van der Waals surface area contributed by atoms with Crippen LogP contribution in [0.2, 0.25) is 5.02 Å². The van der Waals surface area contributed by atoms with E-state index in [9.17, 15) is 28.2 Å². The van der Waals surface area contributed by atoms with Gasteiger partial charge in [-0.15, -0.1) is 11.8 Å². The number of aliphatic hydroxyl groups is 1. The lowest BCUT2D eigenvalue weighted by molar-refractivity contribution is -0.137. The van der Waals surface area contributed by atoms with E-state index < -0.39 is 23.4 Å². The first kappa shape index (κ1) is 26.8. The zero-order valence-corrected chi connectivity index (χ0v) is 21.3. The van der Waals surface area contributed by atoms with E-state index in [4.69, 9.17) is 11.6 Å². The Kier molecular flexibility index (Phi) is 7.92. The zero-order chi connectivity index (χ0) is 26.2. The molecule has 1 aliphatic rings. The Morgan fingerprint density at radius 1 is 1.17 bits per heavy atom. The lowest BCUT2D eigenvalue weighted by Gasteiger charge is -2.37. The quantitative estimate of drug-likeness (QED) is 0.338. The minimum atomic E-state index is -4.60. The summed E-state index contributed by atoms with van der Waals surface area (Å²) < 4.78 is 40.5. The van der Waals surface area contributed by atoms with Crippen molar-refractivity contribution in [3.63, 3.8) is 0 Å². The number of halogens is 4. The largest absolute Gasteiger partial charge is 0.507 e. The molecule has 2 heterocycles. The number of hydrogen-bond donors (Lipinski definition) is 4. The van der Waals surface area contributed by atoms with Crippen LogP contribution in [0.1, 0.15) is 19.4 Å². The molecule has 36 heavy (non-hydrogen) atoms. The molecule has 0 saturated carbocycles. The summed E-state index contributed by atoms with van der Waals surface area (Å²) in [7, 11) is 0. The summed E-state index contributed by atoms with van der Waals surface area (Å²) in [6, 6.07) is 7.78. The molecule has 0 aliphatic carbocycles. The van der Waals surface area contributed by atoms with Crippen LogP contribution in [0.3, 0.4) is 0 Å². The van der Waals surface area contributed by atoms with Gasteiger partial charge in [0, 0.05) is 64.5 Å². The summed E-state index contributed by atoms with van der Waals surface area (Å²) >= 11 is 7.18. The van der Waals surface area contributed by atoms with E-state index in [0.717, 1.165) is 37.0 Å². The maximum Gasteiger partial charge on any atom is 0.416 e. The monoisotopic (exact) mass is 541 g/mol. The fourth-order valence-electron chi connectivity index (χ4n) is 4.68. The Hall–Kier alpha value is -2.24. The molecule has 1 fully saturated rings. The van der Waals surface area contributed by atoms with Crippen molar-refractivity contribution in [3.05, 3.63) is 57.3 Å². The first-order valence-electron chi connectivity index (χ1n) is 11.5. The van der Waals surface area contributed by atoms with Gasteiger partial charge in [0.05, 0.1) is 16.6 Å². The molecule has 1 aliphatic heterocycles. The van der Waals surface area contributed by atoms with E-state index >= 15 is 0 Å². The molecule has 0 radical (unpaired) electrons. The van der Waals surface area contributed by atoms with Crippen LogP contribution in [0.25, 0.3) is 22.0 Å². The summed E-state index contributed by atoms with van der Waals surface area (Å²) in [6.45, 7) is 6.06. The second-order valence-corrected chi connectivity index (χ2v) is 10.7. The average Bonchev–Trinajstić information content (AvgIpc) is 2.77. The van der Waals surface area contributed by atoms with Crippen molar-refractivity contribution >= 4 is 34.3 Å². The number of alkyl halides is 3. The third kappa shape index (κ3) is 6.00. The molecule has 3 aromatic rings. The number of fused-ring (bicyclic) bond motifs is 1. The third-order valence-corrected chi connectivity index (χ3v) is 7.51. The second kappa shape index (κ2) is 10.6. The summed E-state index contributed by atoms with van der Waals surface area (Å²) in [6.07, 6.45) is -5.39. The van der Waals surface area contributed by atoms with Gasteiger partial charge in [-0.05, 0) is 50.2 Å². The average molecular weight is 542 g/mol. The lowest BCUT2D eigenvalue weighted by Crippen LogP contribution is -2.55. The number of phenolic OH excluding ortho intramolecular Hbond substituents is 1. The molecule has 0 amide bonds. The van der Waals surface area contributed by atoms with E-state index in [1.54, 1.807) is 0 Å². The predicted molar refractivity (Wildman–Crippen MR) is 137 cm³/mol. The topological polar surface area (TPSA) is 88.6 Å². The van der Waals surface area contributed by atoms with Gasteiger partial charge >= 0.3 is 6.18 Å². The molecule has 3 atom stereocenters. The Morgan fingerprint density at radius 2 is 1.86 bits per heavy atom. The maximum atomic E-state index is 13.5. The number of pyridine rings is 1. The predicted octanol–water partition coefficient (Wildman–Crippen LogP) is 4.71. The molecule has 4 rings (SSSR count). The van der Waals surface area contributed by atoms with E-state index in [0.29, 0.717) is 6.54 Å². The number of nitrogens with one attached hydrogen (secondary N) is 2. The summed E-state index contributed by atoms with van der Waals surface area (Å²) in [5, 5.41) is 25.1. The van der Waals surface area contributed by atoms with Crippen LogP contribution >= 0.6 is 23.4 Å². The molecule has 1 aromatic heterocycles. The number of aliphatic hydroxyl groups excluding tert-OH is 1. The van der Waals surface area contributed by atoms with Gasteiger partial charge in [0.25, 0.3) is 5.56 Å². The van der Waals surface area contributed by atoms with Crippen LogP contribution in [-0.4, -0.2) is 63.7 Å². The van der Waals surface area contributed by atoms with Crippen molar-refractivity contribution in [1.82, 2.24) is 15.2 Å². The van der Waals surface area contributed by atoms with E-state index in [2.05, 4.69) is 29.0 Å². The fraction of sp³-hybridized carbons (Fsp3) is 0.400. The maximum absolute atomic E-state index is 13.5. The normalized spacial score (nSPS) is 20.1. The Labute approximate surface area is 215 Å². The van der Waals surface area contributed by atoms with Gasteiger partial charge in [0.1, 0.15) is 5.75 Å². The van der Waals surface area contributed by atoms with Crippen molar-refractivity contribution in [3.8, 4) is 16.9 Å². The van der Waals surface area contributed by atoms with Crippen molar-refractivity contribution in [1.29, 1.82) is 0 Å².